The molecule has 1 heterocycles. The van der Waals surface area contributed by atoms with E-state index in [2.05, 4.69) is 26.1 Å². The van der Waals surface area contributed by atoms with Gasteiger partial charge >= 0.3 is 6.61 Å². The molecular weight excluding hydrogens is 322 g/mol. The number of halogens is 3. The molecule has 0 radical (unpaired) electrons. The van der Waals surface area contributed by atoms with Gasteiger partial charge in [-0.2, -0.15) is 8.78 Å². The molecule has 1 aliphatic rings. The van der Waals surface area contributed by atoms with Gasteiger partial charge < -0.3 is 9.47 Å². The van der Waals surface area contributed by atoms with E-state index in [0.29, 0.717) is 25.3 Å². The van der Waals surface area contributed by atoms with Crippen molar-refractivity contribution < 1.29 is 18.3 Å². The smallest absolute Gasteiger partial charge is 0.387 e. The summed E-state index contributed by atoms with van der Waals surface area (Å²) in [5.74, 6) is 0.193. The summed E-state index contributed by atoms with van der Waals surface area (Å²) in [5.41, 5.74) is 3.87. The monoisotopic (exact) mass is 336 g/mol. The number of nitrogens with one attached hydrogen (secondary N) is 1. The van der Waals surface area contributed by atoms with Crippen molar-refractivity contribution in [1.29, 1.82) is 0 Å². The van der Waals surface area contributed by atoms with Gasteiger partial charge in [-0.05, 0) is 18.2 Å². The maximum absolute atomic E-state index is 12.3. The van der Waals surface area contributed by atoms with Crippen molar-refractivity contribution in [3.63, 3.8) is 0 Å². The maximum atomic E-state index is 12.3. The van der Waals surface area contributed by atoms with Crippen LogP contribution in [0, 0.1) is 0 Å². The maximum Gasteiger partial charge on any atom is 0.387 e. The van der Waals surface area contributed by atoms with Crippen molar-refractivity contribution in [3.8, 4) is 5.75 Å². The Balaban J connectivity index is 1.98. The summed E-state index contributed by atoms with van der Waals surface area (Å²) in [4.78, 5) is 0. The Kier molecular flexibility index (Phi) is 5.50. The second kappa shape index (κ2) is 7.14. The number of rotatable bonds is 5. The number of benzene rings is 1. The number of hydrazine groups is 1. The first-order valence-electron chi connectivity index (χ1n) is 5.94. The Labute approximate surface area is 118 Å². The van der Waals surface area contributed by atoms with Crippen LogP contribution < -0.4 is 10.2 Å². The summed E-state index contributed by atoms with van der Waals surface area (Å²) in [6, 6.07) is 4.98. The molecule has 1 aromatic carbocycles. The van der Waals surface area contributed by atoms with Gasteiger partial charge in [-0.15, -0.1) is 0 Å². The van der Waals surface area contributed by atoms with Gasteiger partial charge in [-0.1, -0.05) is 15.9 Å². The quantitative estimate of drug-likeness (QED) is 0.895. The van der Waals surface area contributed by atoms with Gasteiger partial charge in [0.05, 0.1) is 13.2 Å². The number of hydrogen-bond acceptors (Lipinski definition) is 4. The van der Waals surface area contributed by atoms with Gasteiger partial charge in [0.2, 0.25) is 0 Å². The molecule has 1 N–H and O–H groups in total. The van der Waals surface area contributed by atoms with E-state index < -0.39 is 6.61 Å². The van der Waals surface area contributed by atoms with E-state index in [9.17, 15) is 8.78 Å². The van der Waals surface area contributed by atoms with Crippen LogP contribution in [0.15, 0.2) is 22.7 Å². The average Bonchev–Trinajstić information content (AvgIpc) is 2.40. The number of alkyl halides is 2. The summed E-state index contributed by atoms with van der Waals surface area (Å²) in [6.07, 6.45) is 0. The van der Waals surface area contributed by atoms with Crippen molar-refractivity contribution in [2.24, 2.45) is 0 Å². The van der Waals surface area contributed by atoms with Crippen LogP contribution in [0.2, 0.25) is 0 Å². The summed E-state index contributed by atoms with van der Waals surface area (Å²) >= 11 is 3.32. The van der Waals surface area contributed by atoms with Crippen LogP contribution in [-0.4, -0.2) is 37.9 Å². The number of morpholine rings is 1. The molecule has 4 nitrogen and oxygen atoms in total. The first-order chi connectivity index (χ1) is 9.15. The fourth-order valence-corrected chi connectivity index (χ4v) is 2.22. The molecular formula is C12H15BrF2N2O2. The molecule has 1 fully saturated rings. The Morgan fingerprint density at radius 3 is 2.79 bits per heavy atom. The van der Waals surface area contributed by atoms with E-state index >= 15 is 0 Å². The van der Waals surface area contributed by atoms with Crippen molar-refractivity contribution in [2.45, 2.75) is 13.2 Å². The van der Waals surface area contributed by atoms with Gasteiger partial charge in [-0.3, -0.25) is 5.43 Å². The summed E-state index contributed by atoms with van der Waals surface area (Å²) < 4.78 is 35.2. The number of ether oxygens (including phenoxy) is 2. The van der Waals surface area contributed by atoms with E-state index in [-0.39, 0.29) is 5.75 Å². The average molecular weight is 337 g/mol. The van der Waals surface area contributed by atoms with E-state index in [1.807, 2.05) is 5.01 Å². The zero-order chi connectivity index (χ0) is 13.7. The van der Waals surface area contributed by atoms with E-state index in [0.717, 1.165) is 17.6 Å². The molecule has 0 atom stereocenters. The van der Waals surface area contributed by atoms with Crippen molar-refractivity contribution in [2.75, 3.05) is 26.3 Å². The molecule has 0 saturated carbocycles. The fraction of sp³-hybridized carbons (Fsp3) is 0.500. The third-order valence-corrected chi connectivity index (χ3v) is 3.24. The molecule has 0 amide bonds. The lowest BCUT2D eigenvalue weighted by Gasteiger charge is -2.27. The SMILES string of the molecule is FC(F)Oc1ccc(Br)cc1CNN1CCOCC1. The topological polar surface area (TPSA) is 33.7 Å². The standard InChI is InChI=1S/C12H15BrF2N2O2/c13-10-1-2-11(19-12(14)15)9(7-10)8-16-17-3-5-18-6-4-17/h1-2,7,12,16H,3-6,8H2. The highest BCUT2D eigenvalue weighted by Gasteiger charge is 2.13. The predicted molar refractivity (Wildman–Crippen MR) is 70.0 cm³/mol. The lowest BCUT2D eigenvalue weighted by Crippen LogP contribution is -2.45. The Morgan fingerprint density at radius 1 is 1.37 bits per heavy atom. The minimum atomic E-state index is -2.82. The van der Waals surface area contributed by atoms with Gasteiger partial charge in [0.25, 0.3) is 0 Å². The molecule has 0 aliphatic carbocycles. The highest BCUT2D eigenvalue weighted by molar-refractivity contribution is 9.10. The second-order valence-electron chi connectivity index (χ2n) is 4.06. The molecule has 1 aromatic rings. The van der Waals surface area contributed by atoms with Crippen LogP contribution in [0.1, 0.15) is 5.56 Å². The highest BCUT2D eigenvalue weighted by Crippen LogP contribution is 2.24. The zero-order valence-corrected chi connectivity index (χ0v) is 11.8. The lowest BCUT2D eigenvalue weighted by molar-refractivity contribution is -0.0508. The van der Waals surface area contributed by atoms with E-state index in [4.69, 9.17) is 4.74 Å². The molecule has 0 bridgehead atoms. The molecule has 0 spiro atoms. The third kappa shape index (κ3) is 4.68. The van der Waals surface area contributed by atoms with Gasteiger partial charge in [0, 0.05) is 29.7 Å². The molecule has 1 aliphatic heterocycles. The van der Waals surface area contributed by atoms with Crippen molar-refractivity contribution >= 4 is 15.9 Å². The van der Waals surface area contributed by atoms with Crippen LogP contribution in [0.3, 0.4) is 0 Å². The van der Waals surface area contributed by atoms with Gasteiger partial charge in [0.15, 0.2) is 0 Å². The highest BCUT2D eigenvalue weighted by atomic mass is 79.9. The predicted octanol–water partition coefficient (Wildman–Crippen LogP) is 2.39. The van der Waals surface area contributed by atoms with Gasteiger partial charge in [-0.25, -0.2) is 5.01 Å². The summed E-state index contributed by atoms with van der Waals surface area (Å²) in [5, 5.41) is 2.01. The summed E-state index contributed by atoms with van der Waals surface area (Å²) in [7, 11) is 0. The minimum Gasteiger partial charge on any atom is -0.434 e. The van der Waals surface area contributed by atoms with Gasteiger partial charge in [0.1, 0.15) is 5.75 Å². The van der Waals surface area contributed by atoms with Crippen molar-refractivity contribution in [3.05, 3.63) is 28.2 Å². The Morgan fingerprint density at radius 2 is 2.11 bits per heavy atom. The summed E-state index contributed by atoms with van der Waals surface area (Å²) in [6.45, 7) is 0.514. The van der Waals surface area contributed by atoms with E-state index in [1.54, 1.807) is 12.1 Å². The number of hydrogen-bond donors (Lipinski definition) is 1. The van der Waals surface area contributed by atoms with Crippen LogP contribution in [0.25, 0.3) is 0 Å². The molecule has 2 rings (SSSR count). The normalized spacial score (nSPS) is 16.8. The number of nitrogens with zero attached hydrogens (tertiary/aromatic N) is 1. The molecule has 1 saturated heterocycles. The fourth-order valence-electron chi connectivity index (χ4n) is 1.82. The zero-order valence-electron chi connectivity index (χ0n) is 10.2. The van der Waals surface area contributed by atoms with Crippen molar-refractivity contribution in [1.82, 2.24) is 10.4 Å². The molecule has 106 valence electrons. The van der Waals surface area contributed by atoms with Crippen LogP contribution in [0.5, 0.6) is 5.75 Å². The second-order valence-corrected chi connectivity index (χ2v) is 4.98. The molecule has 0 aromatic heterocycles. The van der Waals surface area contributed by atoms with Crippen LogP contribution in [0.4, 0.5) is 8.78 Å². The largest absolute Gasteiger partial charge is 0.434 e. The Bertz CT molecular complexity index is 415. The first-order valence-corrected chi connectivity index (χ1v) is 6.74. The van der Waals surface area contributed by atoms with E-state index in [1.165, 1.54) is 6.07 Å². The van der Waals surface area contributed by atoms with Crippen LogP contribution in [-0.2, 0) is 11.3 Å². The van der Waals surface area contributed by atoms with Crippen LogP contribution >= 0.6 is 15.9 Å². The molecule has 7 heteroatoms. The minimum absolute atomic E-state index is 0.193. The Hall–Kier alpha value is -0.760. The molecule has 0 unspecified atom stereocenters. The lowest BCUT2D eigenvalue weighted by atomic mass is 10.2. The molecule has 19 heavy (non-hydrogen) atoms. The first kappa shape index (κ1) is 14.6. The third-order valence-electron chi connectivity index (χ3n) is 2.74.